The van der Waals surface area contributed by atoms with Crippen molar-refractivity contribution in [3.05, 3.63) is 41.4 Å². The van der Waals surface area contributed by atoms with Crippen LogP contribution in [0.2, 0.25) is 0 Å². The van der Waals surface area contributed by atoms with Crippen molar-refractivity contribution in [3.8, 4) is 11.5 Å². The molecule has 196 valence electrons. The highest BCUT2D eigenvalue weighted by Crippen LogP contribution is 2.35. The van der Waals surface area contributed by atoms with Crippen LogP contribution in [0.15, 0.2) is 30.0 Å². The first-order valence-electron chi connectivity index (χ1n) is 13.8. The largest absolute Gasteiger partial charge is 0.475 e. The first-order chi connectivity index (χ1) is 17.8. The number of imidazole rings is 1. The smallest absolute Gasteiger partial charge is 0.374 e. The molecule has 2 atom stereocenters. The standard InChI is InChI=1S/C29H38N6O2/c1-5-19-9-11-20(12-10-19)16-35-24-25(31-18(4)21-7-6-8-21)32-27(29(36)37)33-26(24)34-28(35)23-15-22(17(2)3)13-14-30-23/h9,13-15,17-18,20-21H,5-8,10-12,16H2,1-4H3,(H,36,37)(H,31,32,33)/t18-,20?/m1/s1. The minimum Gasteiger partial charge on any atom is -0.475 e. The van der Waals surface area contributed by atoms with E-state index in [1.807, 2.05) is 12.3 Å². The second-order valence-electron chi connectivity index (χ2n) is 11.0. The Bertz CT molecular complexity index is 1320. The van der Waals surface area contributed by atoms with Crippen LogP contribution in [0.4, 0.5) is 5.82 Å². The summed E-state index contributed by atoms with van der Waals surface area (Å²) in [5.74, 6) is 1.27. The summed E-state index contributed by atoms with van der Waals surface area (Å²) < 4.78 is 2.19. The van der Waals surface area contributed by atoms with Crippen LogP contribution in [-0.4, -0.2) is 41.6 Å². The molecule has 0 saturated heterocycles. The van der Waals surface area contributed by atoms with Crippen LogP contribution in [0, 0.1) is 11.8 Å². The average molecular weight is 503 g/mol. The molecule has 0 spiro atoms. The first kappa shape index (κ1) is 25.4. The number of carboxylic acids is 1. The molecule has 5 rings (SSSR count). The zero-order valence-corrected chi connectivity index (χ0v) is 22.4. The lowest BCUT2D eigenvalue weighted by Crippen LogP contribution is -2.31. The normalized spacial score (nSPS) is 19.1. The number of carbonyl (C=O) groups is 1. The van der Waals surface area contributed by atoms with Crippen molar-refractivity contribution in [3.63, 3.8) is 0 Å². The maximum absolute atomic E-state index is 11.9. The molecule has 0 amide bonds. The molecule has 3 aromatic heterocycles. The van der Waals surface area contributed by atoms with Crippen LogP contribution in [0.1, 0.15) is 94.7 Å². The molecular formula is C29H38N6O2. The first-order valence-corrected chi connectivity index (χ1v) is 13.8. The minimum atomic E-state index is -1.15. The summed E-state index contributed by atoms with van der Waals surface area (Å²) in [7, 11) is 0. The van der Waals surface area contributed by atoms with Gasteiger partial charge in [0.25, 0.3) is 0 Å². The number of aromatic nitrogens is 5. The molecule has 1 fully saturated rings. The van der Waals surface area contributed by atoms with Gasteiger partial charge in [0.2, 0.25) is 5.82 Å². The molecule has 1 saturated carbocycles. The third-order valence-corrected chi connectivity index (χ3v) is 8.20. The number of nitrogens with one attached hydrogen (secondary N) is 1. The Morgan fingerprint density at radius 2 is 2.00 bits per heavy atom. The minimum absolute atomic E-state index is 0.187. The van der Waals surface area contributed by atoms with Gasteiger partial charge in [-0.1, -0.05) is 38.8 Å². The number of fused-ring (bicyclic) bond motifs is 1. The van der Waals surface area contributed by atoms with E-state index in [4.69, 9.17) is 4.98 Å². The lowest BCUT2D eigenvalue weighted by molar-refractivity contribution is 0.0684. The molecular weight excluding hydrogens is 464 g/mol. The molecule has 2 aliphatic rings. The summed E-state index contributed by atoms with van der Waals surface area (Å²) in [5, 5.41) is 13.3. The number of hydrogen-bond donors (Lipinski definition) is 2. The van der Waals surface area contributed by atoms with Crippen molar-refractivity contribution in [2.75, 3.05) is 5.32 Å². The van der Waals surface area contributed by atoms with Crippen molar-refractivity contribution in [1.29, 1.82) is 0 Å². The van der Waals surface area contributed by atoms with Gasteiger partial charge in [0.1, 0.15) is 11.2 Å². The molecule has 2 N–H and O–H groups in total. The summed E-state index contributed by atoms with van der Waals surface area (Å²) in [6.07, 6.45) is 12.2. The van der Waals surface area contributed by atoms with Crippen molar-refractivity contribution in [2.24, 2.45) is 11.8 Å². The lowest BCUT2D eigenvalue weighted by atomic mass is 9.80. The third kappa shape index (κ3) is 5.24. The van der Waals surface area contributed by atoms with Gasteiger partial charge in [-0.25, -0.2) is 19.7 Å². The maximum Gasteiger partial charge on any atom is 0.374 e. The van der Waals surface area contributed by atoms with E-state index in [0.29, 0.717) is 29.2 Å². The molecule has 3 heterocycles. The number of allylic oxidation sites excluding steroid dienone is 2. The van der Waals surface area contributed by atoms with Gasteiger partial charge >= 0.3 is 5.97 Å². The fourth-order valence-corrected chi connectivity index (χ4v) is 5.50. The summed E-state index contributed by atoms with van der Waals surface area (Å²) in [6, 6.07) is 4.32. The molecule has 0 bridgehead atoms. The zero-order chi connectivity index (χ0) is 26.1. The number of rotatable bonds is 9. The van der Waals surface area contributed by atoms with E-state index in [9.17, 15) is 9.90 Å². The number of anilines is 1. The van der Waals surface area contributed by atoms with Crippen LogP contribution in [0.25, 0.3) is 22.7 Å². The topological polar surface area (TPSA) is 106 Å². The Morgan fingerprint density at radius 3 is 2.62 bits per heavy atom. The van der Waals surface area contributed by atoms with Crippen molar-refractivity contribution in [1.82, 2.24) is 24.5 Å². The predicted molar refractivity (Wildman–Crippen MR) is 146 cm³/mol. The van der Waals surface area contributed by atoms with Crippen molar-refractivity contribution < 1.29 is 9.90 Å². The van der Waals surface area contributed by atoms with Crippen molar-refractivity contribution in [2.45, 2.75) is 91.1 Å². The van der Waals surface area contributed by atoms with Crippen LogP contribution in [-0.2, 0) is 6.54 Å². The highest BCUT2D eigenvalue weighted by molar-refractivity contribution is 5.92. The van der Waals surface area contributed by atoms with Gasteiger partial charge in [0, 0.05) is 18.8 Å². The molecule has 3 aromatic rings. The van der Waals surface area contributed by atoms with Gasteiger partial charge < -0.3 is 15.0 Å². The fraction of sp³-hybridized carbons (Fsp3) is 0.552. The van der Waals surface area contributed by atoms with Gasteiger partial charge in [0.05, 0.1) is 0 Å². The average Bonchev–Trinajstić information content (AvgIpc) is 3.22. The fourth-order valence-electron chi connectivity index (χ4n) is 5.50. The second-order valence-corrected chi connectivity index (χ2v) is 11.0. The van der Waals surface area contributed by atoms with E-state index in [0.717, 1.165) is 49.3 Å². The van der Waals surface area contributed by atoms with E-state index in [2.05, 4.69) is 64.7 Å². The van der Waals surface area contributed by atoms with Crippen molar-refractivity contribution >= 4 is 23.0 Å². The van der Waals surface area contributed by atoms with Gasteiger partial charge in [-0.15, -0.1) is 0 Å². The molecule has 8 nitrogen and oxygen atoms in total. The Balaban J connectivity index is 1.65. The van der Waals surface area contributed by atoms with Gasteiger partial charge in [-0.2, -0.15) is 0 Å². The molecule has 37 heavy (non-hydrogen) atoms. The number of hydrogen-bond acceptors (Lipinski definition) is 6. The second kappa shape index (κ2) is 10.6. The monoisotopic (exact) mass is 502 g/mol. The Kier molecular flexibility index (Phi) is 7.26. The van der Waals surface area contributed by atoms with Crippen LogP contribution in [0.3, 0.4) is 0 Å². The Morgan fingerprint density at radius 1 is 1.19 bits per heavy atom. The van der Waals surface area contributed by atoms with Crippen LogP contribution in [0.5, 0.6) is 0 Å². The van der Waals surface area contributed by atoms with E-state index in [-0.39, 0.29) is 11.9 Å². The Hall–Kier alpha value is -3.29. The highest BCUT2D eigenvalue weighted by atomic mass is 16.4. The Labute approximate surface area is 218 Å². The number of aromatic carboxylic acids is 1. The van der Waals surface area contributed by atoms with Gasteiger partial charge in [0.15, 0.2) is 17.3 Å². The zero-order valence-electron chi connectivity index (χ0n) is 22.4. The number of pyridine rings is 1. The van der Waals surface area contributed by atoms with E-state index < -0.39 is 5.97 Å². The summed E-state index contributed by atoms with van der Waals surface area (Å²) >= 11 is 0. The number of nitrogens with zero attached hydrogens (tertiary/aromatic N) is 5. The SMILES string of the molecule is CCC1=CCC(Cn2c(-c3cc(C(C)C)ccn3)nc3nc(C(=O)O)nc(N[C@H](C)C4CCC4)c32)CC1. The molecule has 0 radical (unpaired) electrons. The van der Waals surface area contributed by atoms with Gasteiger partial charge in [-0.3, -0.25) is 4.98 Å². The van der Waals surface area contributed by atoms with E-state index in [1.54, 1.807) is 0 Å². The molecule has 8 heteroatoms. The van der Waals surface area contributed by atoms with Crippen LogP contribution < -0.4 is 5.32 Å². The predicted octanol–water partition coefficient (Wildman–Crippen LogP) is 6.45. The quantitative estimate of drug-likeness (QED) is 0.324. The van der Waals surface area contributed by atoms with E-state index >= 15 is 0 Å². The summed E-state index contributed by atoms with van der Waals surface area (Å²) in [5.41, 5.74) is 4.67. The third-order valence-electron chi connectivity index (χ3n) is 8.20. The molecule has 2 aliphatic carbocycles. The van der Waals surface area contributed by atoms with Gasteiger partial charge in [-0.05, 0) is 80.9 Å². The lowest BCUT2D eigenvalue weighted by Gasteiger charge is -2.32. The van der Waals surface area contributed by atoms with Crippen LogP contribution >= 0.6 is 0 Å². The summed E-state index contributed by atoms with van der Waals surface area (Å²) in [6.45, 7) is 9.47. The number of carboxylic acid groups (broad SMARTS) is 1. The molecule has 0 aromatic carbocycles. The maximum atomic E-state index is 11.9. The highest BCUT2D eigenvalue weighted by Gasteiger charge is 2.28. The molecule has 1 unspecified atom stereocenters. The van der Waals surface area contributed by atoms with E-state index in [1.165, 1.54) is 30.4 Å². The summed E-state index contributed by atoms with van der Waals surface area (Å²) in [4.78, 5) is 30.4. The molecule has 0 aliphatic heterocycles.